The van der Waals surface area contributed by atoms with Crippen molar-refractivity contribution in [2.45, 2.75) is 13.0 Å². The topological polar surface area (TPSA) is 88.4 Å². The highest BCUT2D eigenvalue weighted by atomic mass is 35.5. The number of carboxylic acids is 1. The van der Waals surface area contributed by atoms with E-state index in [4.69, 9.17) is 28.3 Å². The first-order chi connectivity index (χ1) is 11.8. The molecular weight excluding hydrogens is 367 g/mol. The highest BCUT2D eigenvalue weighted by Crippen LogP contribution is 2.39. The predicted octanol–water partition coefficient (Wildman–Crippen LogP) is 2.86. The third kappa shape index (κ3) is 4.03. The van der Waals surface area contributed by atoms with Crippen LogP contribution in [0.15, 0.2) is 41.3 Å². The lowest BCUT2D eigenvalue weighted by Gasteiger charge is -2.10. The second kappa shape index (κ2) is 6.90. The van der Waals surface area contributed by atoms with Crippen LogP contribution >= 0.6 is 23.2 Å². The first-order valence-corrected chi connectivity index (χ1v) is 8.29. The van der Waals surface area contributed by atoms with Gasteiger partial charge in [0.15, 0.2) is 0 Å². The Morgan fingerprint density at radius 1 is 1.16 bits per heavy atom. The summed E-state index contributed by atoms with van der Waals surface area (Å²) in [5.41, 5.74) is 0.979. The third-order valence-corrected chi connectivity index (χ3v) is 4.77. The number of carbonyl (C=O) groups is 2. The molecule has 0 bridgehead atoms. The van der Waals surface area contributed by atoms with Crippen LogP contribution in [0.3, 0.4) is 0 Å². The molecule has 1 aliphatic rings. The standard InChI is InChI=1S/C17H14Cl2N2O4/c18-13-3-1-9(5-14(13)19)7-21-8-10(2-4-15(21)22)20-16(23)11-6-12(11)17(24)25/h1-5,8,11-12H,6-7H2,(H,20,23)(H,24,25)/t11-,12+/m0/s1. The zero-order valence-electron chi connectivity index (χ0n) is 12.9. The molecular formula is C17H14Cl2N2O4. The Hall–Kier alpha value is -2.31. The summed E-state index contributed by atoms with van der Waals surface area (Å²) in [4.78, 5) is 34.9. The summed E-state index contributed by atoms with van der Waals surface area (Å²) < 4.78 is 1.43. The number of nitrogens with zero attached hydrogens (tertiary/aromatic N) is 1. The van der Waals surface area contributed by atoms with Gasteiger partial charge in [-0.25, -0.2) is 0 Å². The minimum Gasteiger partial charge on any atom is -0.481 e. The Labute approximate surface area is 153 Å². The molecule has 1 fully saturated rings. The van der Waals surface area contributed by atoms with Gasteiger partial charge in [0.05, 0.1) is 34.1 Å². The van der Waals surface area contributed by atoms with E-state index in [1.807, 2.05) is 0 Å². The number of anilines is 1. The van der Waals surface area contributed by atoms with Crippen molar-refractivity contribution in [3.05, 3.63) is 62.5 Å². The van der Waals surface area contributed by atoms with Gasteiger partial charge in [0.2, 0.25) is 5.91 Å². The van der Waals surface area contributed by atoms with Crippen LogP contribution in [0.2, 0.25) is 10.0 Å². The number of pyridine rings is 1. The van der Waals surface area contributed by atoms with E-state index >= 15 is 0 Å². The molecule has 8 heteroatoms. The van der Waals surface area contributed by atoms with Crippen LogP contribution in [-0.4, -0.2) is 21.6 Å². The molecule has 0 spiro atoms. The van der Waals surface area contributed by atoms with Gasteiger partial charge in [-0.15, -0.1) is 0 Å². The molecule has 3 rings (SSSR count). The molecule has 0 unspecified atom stereocenters. The number of amides is 1. The minimum atomic E-state index is -0.968. The van der Waals surface area contributed by atoms with Crippen molar-refractivity contribution in [3.63, 3.8) is 0 Å². The van der Waals surface area contributed by atoms with Gasteiger partial charge < -0.3 is 15.0 Å². The lowest BCUT2D eigenvalue weighted by molar-refractivity contribution is -0.139. The van der Waals surface area contributed by atoms with Crippen molar-refractivity contribution in [2.24, 2.45) is 11.8 Å². The van der Waals surface area contributed by atoms with Gasteiger partial charge in [0, 0.05) is 12.3 Å². The van der Waals surface area contributed by atoms with Crippen LogP contribution in [-0.2, 0) is 16.1 Å². The Kier molecular flexibility index (Phi) is 4.83. The fourth-order valence-electron chi connectivity index (χ4n) is 2.56. The predicted molar refractivity (Wildman–Crippen MR) is 94.1 cm³/mol. The zero-order chi connectivity index (χ0) is 18.1. The average molecular weight is 381 g/mol. The molecule has 2 aromatic rings. The number of aromatic nitrogens is 1. The highest BCUT2D eigenvalue weighted by Gasteiger charge is 2.48. The summed E-state index contributed by atoms with van der Waals surface area (Å²) in [7, 11) is 0. The number of benzene rings is 1. The number of carbonyl (C=O) groups excluding carboxylic acids is 1. The van der Waals surface area contributed by atoms with Crippen molar-refractivity contribution in [2.75, 3.05) is 5.32 Å². The van der Waals surface area contributed by atoms with E-state index in [1.54, 1.807) is 18.2 Å². The molecule has 0 aliphatic heterocycles. The van der Waals surface area contributed by atoms with Crippen LogP contribution in [0.25, 0.3) is 0 Å². The van der Waals surface area contributed by atoms with E-state index in [0.717, 1.165) is 5.56 Å². The molecule has 6 nitrogen and oxygen atoms in total. The van der Waals surface area contributed by atoms with Gasteiger partial charge in [-0.05, 0) is 30.2 Å². The number of aliphatic carboxylic acids is 1. The Bertz CT molecular complexity index is 910. The molecule has 1 heterocycles. The Morgan fingerprint density at radius 3 is 2.56 bits per heavy atom. The van der Waals surface area contributed by atoms with Crippen molar-refractivity contribution in [1.82, 2.24) is 4.57 Å². The summed E-state index contributed by atoms with van der Waals surface area (Å²) >= 11 is 11.9. The molecule has 2 atom stereocenters. The van der Waals surface area contributed by atoms with Crippen LogP contribution in [0.5, 0.6) is 0 Å². The summed E-state index contributed by atoms with van der Waals surface area (Å²) in [6.45, 7) is 0.264. The van der Waals surface area contributed by atoms with Gasteiger partial charge in [0.25, 0.3) is 5.56 Å². The number of rotatable bonds is 5. The molecule has 130 valence electrons. The second-order valence-electron chi connectivity index (χ2n) is 5.91. The summed E-state index contributed by atoms with van der Waals surface area (Å²) in [5.74, 6) is -2.47. The smallest absolute Gasteiger partial charge is 0.307 e. The van der Waals surface area contributed by atoms with Crippen molar-refractivity contribution >= 4 is 40.8 Å². The van der Waals surface area contributed by atoms with E-state index in [1.165, 1.54) is 22.9 Å². The first kappa shape index (κ1) is 17.5. The number of nitrogens with one attached hydrogen (secondary N) is 1. The number of halogens is 2. The van der Waals surface area contributed by atoms with Gasteiger partial charge in [-0.2, -0.15) is 0 Å². The molecule has 1 aromatic heterocycles. The van der Waals surface area contributed by atoms with Gasteiger partial charge in [-0.1, -0.05) is 29.3 Å². The van der Waals surface area contributed by atoms with Gasteiger partial charge in [-0.3, -0.25) is 14.4 Å². The average Bonchev–Trinajstić information content (AvgIpc) is 3.35. The van der Waals surface area contributed by atoms with Crippen molar-refractivity contribution in [3.8, 4) is 0 Å². The first-order valence-electron chi connectivity index (χ1n) is 7.53. The van der Waals surface area contributed by atoms with Crippen LogP contribution in [0, 0.1) is 11.8 Å². The maximum atomic E-state index is 12.0. The van der Waals surface area contributed by atoms with Crippen LogP contribution in [0.1, 0.15) is 12.0 Å². The van der Waals surface area contributed by atoms with E-state index in [0.29, 0.717) is 22.2 Å². The molecule has 1 aliphatic carbocycles. The number of hydrogen-bond acceptors (Lipinski definition) is 3. The van der Waals surface area contributed by atoms with E-state index in [2.05, 4.69) is 5.32 Å². The van der Waals surface area contributed by atoms with Crippen molar-refractivity contribution < 1.29 is 14.7 Å². The van der Waals surface area contributed by atoms with E-state index < -0.39 is 17.8 Å². The fraction of sp³-hybridized carbons (Fsp3) is 0.235. The lowest BCUT2D eigenvalue weighted by atomic mass is 10.2. The van der Waals surface area contributed by atoms with Crippen LogP contribution < -0.4 is 10.9 Å². The normalized spacial score (nSPS) is 18.6. The van der Waals surface area contributed by atoms with Gasteiger partial charge >= 0.3 is 5.97 Å². The molecule has 0 radical (unpaired) electrons. The second-order valence-corrected chi connectivity index (χ2v) is 6.72. The minimum absolute atomic E-state index is 0.237. The van der Waals surface area contributed by atoms with E-state index in [9.17, 15) is 14.4 Å². The maximum Gasteiger partial charge on any atom is 0.307 e. The summed E-state index contributed by atoms with van der Waals surface area (Å²) in [6.07, 6.45) is 1.85. The molecule has 1 amide bonds. The van der Waals surface area contributed by atoms with Crippen molar-refractivity contribution in [1.29, 1.82) is 0 Å². The number of hydrogen-bond donors (Lipinski definition) is 2. The summed E-state index contributed by atoms with van der Waals surface area (Å²) in [5, 5.41) is 12.4. The molecule has 1 saturated carbocycles. The van der Waals surface area contributed by atoms with Gasteiger partial charge in [0.1, 0.15) is 0 Å². The highest BCUT2D eigenvalue weighted by molar-refractivity contribution is 6.42. The van der Waals surface area contributed by atoms with E-state index in [-0.39, 0.29) is 18.0 Å². The lowest BCUT2D eigenvalue weighted by Crippen LogP contribution is -2.22. The molecule has 1 aromatic carbocycles. The largest absolute Gasteiger partial charge is 0.481 e. The quantitative estimate of drug-likeness (QED) is 0.834. The fourth-order valence-corrected chi connectivity index (χ4v) is 2.88. The Morgan fingerprint density at radius 2 is 1.92 bits per heavy atom. The maximum absolute atomic E-state index is 12.0. The number of carboxylic acid groups (broad SMARTS) is 1. The third-order valence-electron chi connectivity index (χ3n) is 4.03. The molecule has 0 saturated heterocycles. The zero-order valence-corrected chi connectivity index (χ0v) is 14.4. The SMILES string of the molecule is O=C(Nc1ccc(=O)n(Cc2ccc(Cl)c(Cl)c2)c1)[C@H]1C[C@H]1C(=O)O. The summed E-state index contributed by atoms with van der Waals surface area (Å²) in [6, 6.07) is 7.91. The van der Waals surface area contributed by atoms with Crippen LogP contribution in [0.4, 0.5) is 5.69 Å². The Balaban J connectivity index is 1.74. The molecule has 25 heavy (non-hydrogen) atoms. The molecule has 2 N–H and O–H groups in total. The monoisotopic (exact) mass is 380 g/mol.